The molecule has 0 aromatic carbocycles. The Balaban J connectivity index is 0.000000293. The van der Waals surface area contributed by atoms with Gasteiger partial charge in [0.15, 0.2) is 0 Å². The minimum Gasteiger partial charge on any atom is -0.475 e. The Kier molecular flexibility index (Phi) is 5.74. The first-order valence-corrected chi connectivity index (χ1v) is 4.88. The predicted octanol–water partition coefficient (Wildman–Crippen LogP) is 1.13. The third-order valence-corrected chi connectivity index (χ3v) is 2.41. The SMILES string of the molecule is CC1CC(N)CCC1O.O=C(O)C(F)(F)F. The quantitative estimate of drug-likeness (QED) is 0.595. The molecule has 0 bridgehead atoms. The van der Waals surface area contributed by atoms with Crippen molar-refractivity contribution in [2.24, 2.45) is 11.7 Å². The van der Waals surface area contributed by atoms with Crippen LogP contribution in [0, 0.1) is 5.92 Å². The van der Waals surface area contributed by atoms with Gasteiger partial charge in [0, 0.05) is 6.04 Å². The van der Waals surface area contributed by atoms with Crippen LogP contribution in [0.4, 0.5) is 13.2 Å². The van der Waals surface area contributed by atoms with Crippen LogP contribution in [-0.4, -0.2) is 34.5 Å². The molecule has 0 aromatic heterocycles. The van der Waals surface area contributed by atoms with E-state index in [1.165, 1.54) is 0 Å². The Morgan fingerprint density at radius 3 is 2.06 bits per heavy atom. The summed E-state index contributed by atoms with van der Waals surface area (Å²) < 4.78 is 31.7. The minimum absolute atomic E-state index is 0.0928. The van der Waals surface area contributed by atoms with Gasteiger partial charge in [0.25, 0.3) is 0 Å². The number of carboxylic acid groups (broad SMARTS) is 1. The van der Waals surface area contributed by atoms with Crippen molar-refractivity contribution in [2.45, 2.75) is 44.5 Å². The number of aliphatic hydroxyl groups excluding tert-OH is 1. The molecular weight excluding hydrogens is 227 g/mol. The molecule has 96 valence electrons. The van der Waals surface area contributed by atoms with Crippen molar-refractivity contribution in [3.63, 3.8) is 0 Å². The highest BCUT2D eigenvalue weighted by Gasteiger charge is 2.38. The van der Waals surface area contributed by atoms with Gasteiger partial charge in [-0.1, -0.05) is 6.92 Å². The summed E-state index contributed by atoms with van der Waals surface area (Å²) in [5, 5.41) is 16.4. The van der Waals surface area contributed by atoms with E-state index in [1.54, 1.807) is 0 Å². The molecule has 0 aromatic rings. The molecule has 3 atom stereocenters. The lowest BCUT2D eigenvalue weighted by molar-refractivity contribution is -0.192. The van der Waals surface area contributed by atoms with Crippen molar-refractivity contribution in [2.75, 3.05) is 0 Å². The molecule has 0 aliphatic heterocycles. The van der Waals surface area contributed by atoms with Gasteiger partial charge in [-0.3, -0.25) is 0 Å². The normalized spacial score (nSPS) is 30.2. The Hall–Kier alpha value is -0.820. The zero-order valence-electron chi connectivity index (χ0n) is 8.87. The van der Waals surface area contributed by atoms with Gasteiger partial charge in [-0.2, -0.15) is 13.2 Å². The van der Waals surface area contributed by atoms with Gasteiger partial charge < -0.3 is 15.9 Å². The van der Waals surface area contributed by atoms with Crippen LogP contribution in [-0.2, 0) is 4.79 Å². The Labute approximate surface area is 91.2 Å². The van der Waals surface area contributed by atoms with E-state index in [1.807, 2.05) is 0 Å². The van der Waals surface area contributed by atoms with E-state index in [-0.39, 0.29) is 6.10 Å². The number of aliphatic carboxylic acids is 1. The molecule has 7 heteroatoms. The van der Waals surface area contributed by atoms with Gasteiger partial charge in [0.2, 0.25) is 0 Å². The smallest absolute Gasteiger partial charge is 0.475 e. The molecule has 4 nitrogen and oxygen atoms in total. The highest BCUT2D eigenvalue weighted by molar-refractivity contribution is 5.73. The Morgan fingerprint density at radius 2 is 1.81 bits per heavy atom. The number of hydrogen-bond donors (Lipinski definition) is 3. The van der Waals surface area contributed by atoms with Crippen LogP contribution < -0.4 is 5.73 Å². The maximum absolute atomic E-state index is 10.6. The Bertz CT molecular complexity index is 233. The first-order valence-electron chi connectivity index (χ1n) is 4.88. The summed E-state index contributed by atoms with van der Waals surface area (Å²) in [5.41, 5.74) is 5.68. The molecule has 0 spiro atoms. The number of carbonyl (C=O) groups is 1. The third kappa shape index (κ3) is 5.92. The van der Waals surface area contributed by atoms with E-state index in [0.29, 0.717) is 12.0 Å². The molecular formula is C9H16F3NO3. The molecule has 1 aliphatic carbocycles. The molecule has 1 aliphatic rings. The highest BCUT2D eigenvalue weighted by Crippen LogP contribution is 2.22. The number of hydrogen-bond acceptors (Lipinski definition) is 3. The topological polar surface area (TPSA) is 83.5 Å². The summed E-state index contributed by atoms with van der Waals surface area (Å²) in [6.45, 7) is 2.06. The van der Waals surface area contributed by atoms with Gasteiger partial charge >= 0.3 is 12.1 Å². The second kappa shape index (κ2) is 6.05. The molecule has 0 radical (unpaired) electrons. The van der Waals surface area contributed by atoms with Crippen LogP contribution in [0.5, 0.6) is 0 Å². The van der Waals surface area contributed by atoms with Crippen LogP contribution in [0.1, 0.15) is 26.2 Å². The molecule has 3 unspecified atom stereocenters. The highest BCUT2D eigenvalue weighted by atomic mass is 19.4. The molecule has 4 N–H and O–H groups in total. The number of carboxylic acids is 1. The maximum Gasteiger partial charge on any atom is 0.490 e. The van der Waals surface area contributed by atoms with E-state index in [9.17, 15) is 18.3 Å². The zero-order valence-corrected chi connectivity index (χ0v) is 8.87. The van der Waals surface area contributed by atoms with Gasteiger partial charge in [-0.15, -0.1) is 0 Å². The zero-order chi connectivity index (χ0) is 12.9. The number of nitrogens with two attached hydrogens (primary N) is 1. The number of rotatable bonds is 0. The third-order valence-electron chi connectivity index (χ3n) is 2.41. The first kappa shape index (κ1) is 15.2. The molecule has 16 heavy (non-hydrogen) atoms. The molecule has 1 rings (SSSR count). The summed E-state index contributed by atoms with van der Waals surface area (Å²) in [4.78, 5) is 8.90. The second-order valence-electron chi connectivity index (χ2n) is 3.92. The van der Waals surface area contributed by atoms with Crippen LogP contribution in [0.25, 0.3) is 0 Å². The predicted molar refractivity (Wildman–Crippen MR) is 50.7 cm³/mol. The molecule has 0 saturated heterocycles. The van der Waals surface area contributed by atoms with Crippen LogP contribution in [0.2, 0.25) is 0 Å². The summed E-state index contributed by atoms with van der Waals surface area (Å²) in [6, 6.07) is 0.336. The van der Waals surface area contributed by atoms with Gasteiger partial charge in [-0.05, 0) is 25.2 Å². The van der Waals surface area contributed by atoms with Crippen molar-refractivity contribution >= 4 is 5.97 Å². The van der Waals surface area contributed by atoms with E-state index in [2.05, 4.69) is 6.92 Å². The fraction of sp³-hybridized carbons (Fsp3) is 0.889. The van der Waals surface area contributed by atoms with Crippen molar-refractivity contribution in [1.82, 2.24) is 0 Å². The summed E-state index contributed by atoms with van der Waals surface area (Å²) in [6.07, 6.45) is -2.31. The largest absolute Gasteiger partial charge is 0.490 e. The lowest BCUT2D eigenvalue weighted by Gasteiger charge is -2.28. The Morgan fingerprint density at radius 1 is 1.38 bits per heavy atom. The lowest BCUT2D eigenvalue weighted by atomic mass is 9.85. The van der Waals surface area contributed by atoms with Crippen LogP contribution in [0.3, 0.4) is 0 Å². The van der Waals surface area contributed by atoms with Gasteiger partial charge in [0.05, 0.1) is 6.10 Å². The van der Waals surface area contributed by atoms with Crippen molar-refractivity contribution in [3.05, 3.63) is 0 Å². The lowest BCUT2D eigenvalue weighted by Crippen LogP contribution is -2.34. The average molecular weight is 243 g/mol. The first-order chi connectivity index (χ1) is 7.14. The molecule has 0 heterocycles. The fourth-order valence-electron chi connectivity index (χ4n) is 1.42. The van der Waals surface area contributed by atoms with Gasteiger partial charge in [0.1, 0.15) is 0 Å². The number of alkyl halides is 3. The minimum atomic E-state index is -5.08. The van der Waals surface area contributed by atoms with Crippen LogP contribution >= 0.6 is 0 Å². The molecule has 1 fully saturated rings. The van der Waals surface area contributed by atoms with Crippen molar-refractivity contribution in [1.29, 1.82) is 0 Å². The maximum atomic E-state index is 10.6. The fourth-order valence-corrected chi connectivity index (χ4v) is 1.42. The van der Waals surface area contributed by atoms with E-state index in [0.717, 1.165) is 19.3 Å². The summed E-state index contributed by atoms with van der Waals surface area (Å²) in [7, 11) is 0. The van der Waals surface area contributed by atoms with E-state index < -0.39 is 12.1 Å². The van der Waals surface area contributed by atoms with E-state index >= 15 is 0 Å². The summed E-state index contributed by atoms with van der Waals surface area (Å²) >= 11 is 0. The second-order valence-corrected chi connectivity index (χ2v) is 3.92. The van der Waals surface area contributed by atoms with E-state index in [4.69, 9.17) is 15.6 Å². The summed E-state index contributed by atoms with van der Waals surface area (Å²) in [5.74, 6) is -2.35. The van der Waals surface area contributed by atoms with Crippen LogP contribution in [0.15, 0.2) is 0 Å². The van der Waals surface area contributed by atoms with Gasteiger partial charge in [-0.25, -0.2) is 4.79 Å². The number of halogens is 3. The number of aliphatic hydroxyl groups is 1. The van der Waals surface area contributed by atoms with Crippen molar-refractivity contribution < 1.29 is 28.2 Å². The van der Waals surface area contributed by atoms with Crippen molar-refractivity contribution in [3.8, 4) is 0 Å². The monoisotopic (exact) mass is 243 g/mol. The average Bonchev–Trinajstić information content (AvgIpc) is 2.11. The molecule has 1 saturated carbocycles. The molecule has 0 amide bonds. The standard InChI is InChI=1S/C7H15NO.C2HF3O2/c1-5-4-6(8)2-3-7(5)9;3-2(4,5)1(6)7/h5-7,9H,2-4,8H2,1H3;(H,6,7).